The summed E-state index contributed by atoms with van der Waals surface area (Å²) < 4.78 is 1.86. The lowest BCUT2D eigenvalue weighted by atomic mass is 10.2. The highest BCUT2D eigenvalue weighted by Gasteiger charge is 2.11. The SMILES string of the molecule is CN(Cc1cnn(Cc2ccccc2)c1)C(=O)Nc1ccc(Cl)c(Cl)c1. The lowest BCUT2D eigenvalue weighted by Crippen LogP contribution is -2.30. The van der Waals surface area contributed by atoms with E-state index >= 15 is 0 Å². The molecule has 0 unspecified atom stereocenters. The van der Waals surface area contributed by atoms with Gasteiger partial charge in [0.2, 0.25) is 0 Å². The van der Waals surface area contributed by atoms with E-state index in [0.717, 1.165) is 5.56 Å². The van der Waals surface area contributed by atoms with Crippen LogP contribution < -0.4 is 5.32 Å². The number of benzene rings is 2. The molecule has 5 nitrogen and oxygen atoms in total. The van der Waals surface area contributed by atoms with Gasteiger partial charge in [-0.25, -0.2) is 4.79 Å². The third kappa shape index (κ3) is 4.77. The largest absolute Gasteiger partial charge is 0.323 e. The number of halogens is 2. The van der Waals surface area contributed by atoms with Crippen LogP contribution in [-0.4, -0.2) is 27.8 Å². The Kier molecular flexibility index (Phi) is 5.81. The van der Waals surface area contributed by atoms with E-state index in [1.807, 2.05) is 29.1 Å². The van der Waals surface area contributed by atoms with Gasteiger partial charge in [0.15, 0.2) is 0 Å². The number of hydrogen-bond donors (Lipinski definition) is 1. The lowest BCUT2D eigenvalue weighted by Gasteiger charge is -2.17. The highest BCUT2D eigenvalue weighted by atomic mass is 35.5. The summed E-state index contributed by atoms with van der Waals surface area (Å²) in [6, 6.07) is 14.8. The Bertz CT molecular complexity index is 896. The molecule has 2 amide bonds. The zero-order chi connectivity index (χ0) is 18.5. The second-order valence-electron chi connectivity index (χ2n) is 5.95. The van der Waals surface area contributed by atoms with Gasteiger partial charge in [-0.2, -0.15) is 5.10 Å². The van der Waals surface area contributed by atoms with Crippen LogP contribution in [0.2, 0.25) is 10.0 Å². The number of nitrogens with zero attached hydrogens (tertiary/aromatic N) is 3. The molecule has 0 atom stereocenters. The first kappa shape index (κ1) is 18.3. The van der Waals surface area contributed by atoms with Crippen molar-refractivity contribution in [2.45, 2.75) is 13.1 Å². The third-order valence-corrected chi connectivity index (χ3v) is 4.55. The molecule has 3 rings (SSSR count). The lowest BCUT2D eigenvalue weighted by molar-refractivity contribution is 0.220. The third-order valence-electron chi connectivity index (χ3n) is 3.81. The van der Waals surface area contributed by atoms with Crippen LogP contribution in [0.5, 0.6) is 0 Å². The molecule has 0 aliphatic rings. The first-order valence-electron chi connectivity index (χ1n) is 8.03. The number of hydrogen-bond acceptors (Lipinski definition) is 2. The summed E-state index contributed by atoms with van der Waals surface area (Å²) in [6.45, 7) is 1.14. The van der Waals surface area contributed by atoms with Crippen molar-refractivity contribution in [2.24, 2.45) is 0 Å². The number of aromatic nitrogens is 2. The van der Waals surface area contributed by atoms with E-state index in [1.54, 1.807) is 36.3 Å². The molecule has 1 aromatic heterocycles. The molecule has 134 valence electrons. The number of carbonyl (C=O) groups excluding carboxylic acids is 1. The normalized spacial score (nSPS) is 10.6. The summed E-state index contributed by atoms with van der Waals surface area (Å²) in [7, 11) is 1.72. The van der Waals surface area contributed by atoms with E-state index in [2.05, 4.69) is 22.5 Å². The van der Waals surface area contributed by atoms with Gasteiger partial charge in [-0.1, -0.05) is 53.5 Å². The molecule has 7 heteroatoms. The smallest absolute Gasteiger partial charge is 0.321 e. The summed E-state index contributed by atoms with van der Waals surface area (Å²) >= 11 is 11.9. The minimum absolute atomic E-state index is 0.237. The fraction of sp³-hybridized carbons (Fsp3) is 0.158. The van der Waals surface area contributed by atoms with Gasteiger partial charge in [0.05, 0.1) is 29.3 Å². The molecular formula is C19H18Cl2N4O. The van der Waals surface area contributed by atoms with Gasteiger partial charge >= 0.3 is 6.03 Å². The second kappa shape index (κ2) is 8.25. The van der Waals surface area contributed by atoms with Gasteiger partial charge in [-0.05, 0) is 23.8 Å². The fourth-order valence-corrected chi connectivity index (χ4v) is 2.78. The van der Waals surface area contributed by atoms with Crippen molar-refractivity contribution in [3.05, 3.63) is 82.1 Å². The van der Waals surface area contributed by atoms with E-state index in [9.17, 15) is 4.79 Å². The highest BCUT2D eigenvalue weighted by Crippen LogP contribution is 2.25. The van der Waals surface area contributed by atoms with Crippen molar-refractivity contribution >= 4 is 34.9 Å². The van der Waals surface area contributed by atoms with Gasteiger partial charge in [-0.15, -0.1) is 0 Å². The van der Waals surface area contributed by atoms with Crippen LogP contribution in [0.25, 0.3) is 0 Å². The minimum Gasteiger partial charge on any atom is -0.323 e. The van der Waals surface area contributed by atoms with Crippen LogP contribution in [0, 0.1) is 0 Å². The zero-order valence-electron chi connectivity index (χ0n) is 14.2. The Balaban J connectivity index is 1.58. The van der Waals surface area contributed by atoms with Crippen LogP contribution in [0.4, 0.5) is 10.5 Å². The van der Waals surface area contributed by atoms with E-state index in [-0.39, 0.29) is 6.03 Å². The van der Waals surface area contributed by atoms with Gasteiger partial charge < -0.3 is 10.2 Å². The predicted molar refractivity (Wildman–Crippen MR) is 105 cm³/mol. The van der Waals surface area contributed by atoms with E-state index in [0.29, 0.717) is 28.8 Å². The molecule has 1 heterocycles. The van der Waals surface area contributed by atoms with Crippen molar-refractivity contribution in [2.75, 3.05) is 12.4 Å². The van der Waals surface area contributed by atoms with E-state index < -0.39 is 0 Å². The standard InChI is InChI=1S/C19H18Cl2N4O/c1-24(19(26)23-16-7-8-17(20)18(21)9-16)11-15-10-22-25(13-15)12-14-5-3-2-4-6-14/h2-10,13H,11-12H2,1H3,(H,23,26). The molecule has 2 aromatic carbocycles. The zero-order valence-corrected chi connectivity index (χ0v) is 15.7. The molecule has 26 heavy (non-hydrogen) atoms. The molecule has 0 radical (unpaired) electrons. The number of carbonyl (C=O) groups is 1. The van der Waals surface area contributed by atoms with Crippen molar-refractivity contribution in [1.29, 1.82) is 0 Å². The number of anilines is 1. The molecule has 0 aliphatic carbocycles. The van der Waals surface area contributed by atoms with Crippen LogP contribution in [-0.2, 0) is 13.1 Å². The van der Waals surface area contributed by atoms with Gasteiger partial charge in [0.25, 0.3) is 0 Å². The Morgan fingerprint density at radius 2 is 1.88 bits per heavy atom. The van der Waals surface area contributed by atoms with E-state index in [1.165, 1.54) is 5.56 Å². The molecule has 3 aromatic rings. The minimum atomic E-state index is -0.237. The molecule has 0 spiro atoms. The highest BCUT2D eigenvalue weighted by molar-refractivity contribution is 6.42. The molecular weight excluding hydrogens is 371 g/mol. The maximum Gasteiger partial charge on any atom is 0.321 e. The van der Waals surface area contributed by atoms with Crippen LogP contribution in [0.15, 0.2) is 60.9 Å². The molecule has 0 saturated carbocycles. The Morgan fingerprint density at radius 3 is 2.62 bits per heavy atom. The van der Waals surface area contributed by atoms with Crippen LogP contribution >= 0.6 is 23.2 Å². The Labute approximate surface area is 162 Å². The average Bonchev–Trinajstić information content (AvgIpc) is 3.06. The summed E-state index contributed by atoms with van der Waals surface area (Å²) in [6.07, 6.45) is 3.71. The maximum atomic E-state index is 12.3. The Hall–Kier alpha value is -2.50. The second-order valence-corrected chi connectivity index (χ2v) is 6.76. The first-order chi connectivity index (χ1) is 12.5. The van der Waals surface area contributed by atoms with Crippen molar-refractivity contribution < 1.29 is 4.79 Å². The van der Waals surface area contributed by atoms with E-state index in [4.69, 9.17) is 23.2 Å². The average molecular weight is 389 g/mol. The maximum absolute atomic E-state index is 12.3. The summed E-state index contributed by atoms with van der Waals surface area (Å²) in [4.78, 5) is 13.9. The number of nitrogens with one attached hydrogen (secondary N) is 1. The number of amides is 2. The summed E-state index contributed by atoms with van der Waals surface area (Å²) in [5, 5.41) is 7.99. The number of urea groups is 1. The van der Waals surface area contributed by atoms with Gasteiger partial charge in [0.1, 0.15) is 0 Å². The monoisotopic (exact) mass is 388 g/mol. The van der Waals surface area contributed by atoms with Crippen LogP contribution in [0.1, 0.15) is 11.1 Å². The van der Waals surface area contributed by atoms with Crippen molar-refractivity contribution in [3.63, 3.8) is 0 Å². The van der Waals surface area contributed by atoms with Crippen molar-refractivity contribution in [1.82, 2.24) is 14.7 Å². The van der Waals surface area contributed by atoms with Gasteiger partial charge in [0, 0.05) is 24.5 Å². The summed E-state index contributed by atoms with van der Waals surface area (Å²) in [5.74, 6) is 0. The molecule has 0 saturated heterocycles. The molecule has 0 bridgehead atoms. The fourth-order valence-electron chi connectivity index (χ4n) is 2.48. The Morgan fingerprint density at radius 1 is 1.12 bits per heavy atom. The van der Waals surface area contributed by atoms with Crippen LogP contribution in [0.3, 0.4) is 0 Å². The van der Waals surface area contributed by atoms with Crippen molar-refractivity contribution in [3.8, 4) is 0 Å². The topological polar surface area (TPSA) is 50.2 Å². The predicted octanol–water partition coefficient (Wildman–Crippen LogP) is 4.90. The quantitative estimate of drug-likeness (QED) is 0.675. The number of rotatable bonds is 5. The molecule has 1 N–H and O–H groups in total. The summed E-state index contributed by atoms with van der Waals surface area (Å²) in [5.41, 5.74) is 2.72. The first-order valence-corrected chi connectivity index (χ1v) is 8.79. The van der Waals surface area contributed by atoms with Gasteiger partial charge in [-0.3, -0.25) is 4.68 Å². The molecule has 0 fully saturated rings. The molecule has 0 aliphatic heterocycles.